The number of nitrogens with zero attached hydrogens (tertiary/aromatic N) is 6. The fourth-order valence-electron chi connectivity index (χ4n) is 5.48. The van der Waals surface area contributed by atoms with Gasteiger partial charge in [0.25, 0.3) is 5.91 Å². The lowest BCUT2D eigenvalue weighted by molar-refractivity contribution is 0.0822. The van der Waals surface area contributed by atoms with E-state index in [1.165, 1.54) is 28.9 Å². The van der Waals surface area contributed by atoms with Crippen molar-refractivity contribution in [2.24, 2.45) is 0 Å². The lowest BCUT2D eigenvalue weighted by Gasteiger charge is -2.30. The lowest BCUT2D eigenvalue weighted by Crippen LogP contribution is -2.32. The van der Waals surface area contributed by atoms with E-state index in [1.54, 1.807) is 26.4 Å². The van der Waals surface area contributed by atoms with Crippen LogP contribution in [-0.4, -0.2) is 83.1 Å². The molecule has 38 heavy (non-hydrogen) atoms. The minimum absolute atomic E-state index is 0.0550. The number of hydrogen-bond acceptors (Lipinski definition) is 8. The van der Waals surface area contributed by atoms with Gasteiger partial charge in [-0.2, -0.15) is 4.98 Å². The second-order valence-corrected chi connectivity index (χ2v) is 11.1. The molecule has 1 fully saturated rings. The number of nitrogens with one attached hydrogen (secondary N) is 1. The van der Waals surface area contributed by atoms with E-state index in [9.17, 15) is 9.90 Å². The summed E-state index contributed by atoms with van der Waals surface area (Å²) < 4.78 is 0. The largest absolute Gasteiger partial charge is 0.395 e. The monoisotopic (exact) mass is 515 g/mol. The first-order valence-electron chi connectivity index (χ1n) is 13.2. The Morgan fingerprint density at radius 3 is 2.63 bits per heavy atom. The highest BCUT2D eigenvalue weighted by Crippen LogP contribution is 2.43. The molecule has 0 bridgehead atoms. The zero-order valence-corrected chi connectivity index (χ0v) is 22.9. The zero-order valence-electron chi connectivity index (χ0n) is 22.9. The van der Waals surface area contributed by atoms with E-state index in [0.717, 1.165) is 24.3 Å². The molecule has 3 aromatic rings. The number of anilines is 4. The van der Waals surface area contributed by atoms with Gasteiger partial charge in [0.2, 0.25) is 5.95 Å². The first kappa shape index (κ1) is 26.1. The van der Waals surface area contributed by atoms with Gasteiger partial charge in [0.15, 0.2) is 0 Å². The van der Waals surface area contributed by atoms with Crippen LogP contribution in [0.4, 0.5) is 23.3 Å². The molecule has 1 saturated heterocycles. The highest BCUT2D eigenvalue weighted by atomic mass is 16.3. The molecule has 2 aromatic heterocycles. The lowest BCUT2D eigenvalue weighted by atomic mass is 9.87. The van der Waals surface area contributed by atoms with Crippen LogP contribution in [0.3, 0.4) is 0 Å². The summed E-state index contributed by atoms with van der Waals surface area (Å²) in [5.74, 6) is 2.20. The molecular weight excluding hydrogens is 478 g/mol. The molecule has 1 aromatic carbocycles. The van der Waals surface area contributed by atoms with Gasteiger partial charge in [-0.25, -0.2) is 9.97 Å². The molecule has 9 heteroatoms. The first-order chi connectivity index (χ1) is 18.2. The molecule has 0 saturated carbocycles. The van der Waals surface area contributed by atoms with Gasteiger partial charge >= 0.3 is 0 Å². The van der Waals surface area contributed by atoms with Crippen molar-refractivity contribution in [3.05, 3.63) is 65.0 Å². The number of aromatic nitrogens is 3. The van der Waals surface area contributed by atoms with E-state index in [1.807, 2.05) is 24.0 Å². The van der Waals surface area contributed by atoms with Crippen LogP contribution in [0.25, 0.3) is 0 Å². The van der Waals surface area contributed by atoms with Gasteiger partial charge in [-0.3, -0.25) is 4.79 Å². The van der Waals surface area contributed by atoms with Crippen molar-refractivity contribution in [1.29, 1.82) is 0 Å². The molecule has 0 unspecified atom stereocenters. The van der Waals surface area contributed by atoms with Gasteiger partial charge in [-0.15, -0.1) is 0 Å². The fourth-order valence-corrected chi connectivity index (χ4v) is 5.48. The maximum atomic E-state index is 12.5. The highest BCUT2D eigenvalue weighted by Gasteiger charge is 2.41. The molecule has 2 aliphatic heterocycles. The molecule has 1 atom stereocenters. The predicted molar refractivity (Wildman–Crippen MR) is 150 cm³/mol. The van der Waals surface area contributed by atoms with E-state index in [0.29, 0.717) is 35.7 Å². The van der Waals surface area contributed by atoms with Gasteiger partial charge in [0.05, 0.1) is 6.61 Å². The average Bonchev–Trinajstić information content (AvgIpc) is 3.21. The van der Waals surface area contributed by atoms with Crippen LogP contribution in [0.15, 0.2) is 42.6 Å². The summed E-state index contributed by atoms with van der Waals surface area (Å²) in [6, 6.07) is 11.9. The van der Waals surface area contributed by atoms with Crippen LogP contribution in [0.1, 0.15) is 52.9 Å². The SMILES string of the molecule is Cc1cc(Nc2ncc3c(n2)N(c2cccc(C(=O)N(C)C)n2)C[C@@]3(C)CO)ccc1C1CCN(C)CC1. The number of likely N-dealkylation sites (tertiary alicyclic amines) is 1. The smallest absolute Gasteiger partial charge is 0.272 e. The number of aliphatic hydroxyl groups is 1. The molecule has 2 N–H and O–H groups in total. The molecule has 0 radical (unpaired) electrons. The Balaban J connectivity index is 1.43. The molecule has 4 heterocycles. The number of rotatable bonds is 6. The van der Waals surface area contributed by atoms with Crippen molar-refractivity contribution < 1.29 is 9.90 Å². The Morgan fingerprint density at radius 2 is 1.95 bits per heavy atom. The number of fused-ring (bicyclic) bond motifs is 1. The van der Waals surface area contributed by atoms with E-state index in [-0.39, 0.29) is 12.5 Å². The number of carbonyl (C=O) groups is 1. The van der Waals surface area contributed by atoms with E-state index < -0.39 is 5.41 Å². The summed E-state index contributed by atoms with van der Waals surface area (Å²) in [6.45, 7) is 6.86. The number of piperidine rings is 1. The van der Waals surface area contributed by atoms with Gasteiger partial charge in [0, 0.05) is 43.5 Å². The maximum absolute atomic E-state index is 12.5. The minimum Gasteiger partial charge on any atom is -0.395 e. The molecule has 5 rings (SSSR count). The third kappa shape index (κ3) is 4.96. The van der Waals surface area contributed by atoms with Crippen LogP contribution in [0, 0.1) is 6.92 Å². The van der Waals surface area contributed by atoms with Crippen molar-refractivity contribution in [3.8, 4) is 0 Å². The second-order valence-electron chi connectivity index (χ2n) is 11.1. The summed E-state index contributed by atoms with van der Waals surface area (Å²) in [7, 11) is 5.60. The number of amides is 1. The standard InChI is InChI=1S/C29H37N7O2/c1-19-15-21(9-10-22(19)20-11-13-35(5)14-12-20)31-28-30-16-23-26(33-28)36(17-29(23,2)18-37)25-8-6-7-24(32-25)27(38)34(3)4/h6-10,15-16,20,37H,11-14,17-18H2,1-5H3,(H,30,31,33)/t29-/m0/s1. The zero-order chi connectivity index (χ0) is 27.0. The summed E-state index contributed by atoms with van der Waals surface area (Å²) in [5, 5.41) is 13.6. The maximum Gasteiger partial charge on any atom is 0.272 e. The number of aliphatic hydroxyl groups excluding tert-OH is 1. The number of hydrogen-bond donors (Lipinski definition) is 2. The third-order valence-corrected chi connectivity index (χ3v) is 7.85. The summed E-state index contributed by atoms with van der Waals surface area (Å²) in [5.41, 5.74) is 4.28. The molecule has 9 nitrogen and oxygen atoms in total. The predicted octanol–water partition coefficient (Wildman–Crippen LogP) is 3.84. The van der Waals surface area contributed by atoms with Crippen LogP contribution >= 0.6 is 0 Å². The van der Waals surface area contributed by atoms with Crippen molar-refractivity contribution >= 4 is 29.2 Å². The Hall–Kier alpha value is -3.56. The summed E-state index contributed by atoms with van der Waals surface area (Å²) in [6.07, 6.45) is 4.16. The van der Waals surface area contributed by atoms with Crippen molar-refractivity contribution in [1.82, 2.24) is 24.8 Å². The molecule has 2 aliphatic rings. The number of benzene rings is 1. The van der Waals surface area contributed by atoms with E-state index >= 15 is 0 Å². The number of carbonyl (C=O) groups excluding carboxylic acids is 1. The Labute approximate surface area is 224 Å². The van der Waals surface area contributed by atoms with Crippen molar-refractivity contribution in [2.45, 2.75) is 38.0 Å². The number of aryl methyl sites for hydroxylation is 1. The molecule has 0 aliphatic carbocycles. The second kappa shape index (κ2) is 10.3. The number of pyridine rings is 1. The van der Waals surface area contributed by atoms with Gasteiger partial charge < -0.3 is 25.1 Å². The first-order valence-corrected chi connectivity index (χ1v) is 13.2. The fraction of sp³-hybridized carbons (Fsp3) is 0.448. The van der Waals surface area contributed by atoms with Crippen LogP contribution in [0.2, 0.25) is 0 Å². The Kier molecular flexibility index (Phi) is 7.07. The molecule has 1 amide bonds. The highest BCUT2D eigenvalue weighted by molar-refractivity contribution is 5.92. The van der Waals surface area contributed by atoms with Crippen LogP contribution in [-0.2, 0) is 5.41 Å². The Morgan fingerprint density at radius 1 is 1.18 bits per heavy atom. The van der Waals surface area contributed by atoms with Crippen LogP contribution < -0.4 is 10.2 Å². The van der Waals surface area contributed by atoms with E-state index in [2.05, 4.69) is 52.4 Å². The van der Waals surface area contributed by atoms with Crippen LogP contribution in [0.5, 0.6) is 0 Å². The third-order valence-electron chi connectivity index (χ3n) is 7.85. The molecule has 0 spiro atoms. The summed E-state index contributed by atoms with van der Waals surface area (Å²) >= 11 is 0. The van der Waals surface area contributed by atoms with Crippen molar-refractivity contribution in [3.63, 3.8) is 0 Å². The summed E-state index contributed by atoms with van der Waals surface area (Å²) in [4.78, 5) is 32.5. The minimum atomic E-state index is -0.552. The van der Waals surface area contributed by atoms with Gasteiger partial charge in [0.1, 0.15) is 17.3 Å². The topological polar surface area (TPSA) is 97.7 Å². The van der Waals surface area contributed by atoms with Gasteiger partial charge in [-0.05, 0) is 81.2 Å². The molecule has 200 valence electrons. The van der Waals surface area contributed by atoms with E-state index in [4.69, 9.17) is 4.98 Å². The van der Waals surface area contributed by atoms with Crippen molar-refractivity contribution in [2.75, 3.05) is 57.6 Å². The van der Waals surface area contributed by atoms with Gasteiger partial charge in [-0.1, -0.05) is 19.1 Å². The normalized spacial score (nSPS) is 19.9. The molecular formula is C29H37N7O2. The average molecular weight is 516 g/mol. The quantitative estimate of drug-likeness (QED) is 0.511. The Bertz CT molecular complexity index is 1340.